The summed E-state index contributed by atoms with van der Waals surface area (Å²) < 4.78 is 0. The SMILES string of the molecule is Cc1c(C(=O)N2CCCCC2C)[nH]c2c1C(=O)CCC2. The highest BCUT2D eigenvalue weighted by Gasteiger charge is 2.30. The van der Waals surface area contributed by atoms with Gasteiger partial charge in [-0.15, -0.1) is 0 Å². The molecule has 0 aromatic carbocycles. The van der Waals surface area contributed by atoms with Gasteiger partial charge >= 0.3 is 0 Å². The van der Waals surface area contributed by atoms with Crippen LogP contribution in [0.4, 0.5) is 0 Å². The highest BCUT2D eigenvalue weighted by atomic mass is 16.2. The molecule has 1 aromatic rings. The smallest absolute Gasteiger partial charge is 0.270 e. The first kappa shape index (κ1) is 13.4. The number of carbonyl (C=O) groups is 2. The predicted octanol–water partition coefficient (Wildman–Crippen LogP) is 2.86. The van der Waals surface area contributed by atoms with E-state index >= 15 is 0 Å². The second-order valence-electron chi connectivity index (χ2n) is 6.10. The van der Waals surface area contributed by atoms with Crippen LogP contribution in [0.3, 0.4) is 0 Å². The Labute approximate surface area is 119 Å². The summed E-state index contributed by atoms with van der Waals surface area (Å²) in [6.07, 6.45) is 5.73. The Morgan fingerprint density at radius 2 is 2.05 bits per heavy atom. The molecule has 2 heterocycles. The summed E-state index contributed by atoms with van der Waals surface area (Å²) in [5.74, 6) is 0.252. The van der Waals surface area contributed by atoms with Crippen molar-refractivity contribution in [1.82, 2.24) is 9.88 Å². The minimum absolute atomic E-state index is 0.0666. The summed E-state index contributed by atoms with van der Waals surface area (Å²) in [4.78, 5) is 30.0. The number of nitrogens with one attached hydrogen (secondary N) is 1. The number of likely N-dealkylation sites (tertiary alicyclic amines) is 1. The van der Waals surface area contributed by atoms with Crippen molar-refractivity contribution in [2.75, 3.05) is 6.54 Å². The van der Waals surface area contributed by atoms with Gasteiger partial charge in [0.25, 0.3) is 5.91 Å². The van der Waals surface area contributed by atoms with Gasteiger partial charge in [0.1, 0.15) is 5.69 Å². The lowest BCUT2D eigenvalue weighted by molar-refractivity contribution is 0.0629. The summed E-state index contributed by atoms with van der Waals surface area (Å²) in [5, 5.41) is 0. The van der Waals surface area contributed by atoms with E-state index in [1.54, 1.807) is 0 Å². The number of hydrogen-bond donors (Lipinski definition) is 1. The van der Waals surface area contributed by atoms with E-state index in [1.807, 2.05) is 11.8 Å². The summed E-state index contributed by atoms with van der Waals surface area (Å²) in [7, 11) is 0. The molecule has 1 amide bonds. The normalized spacial score (nSPS) is 22.8. The summed E-state index contributed by atoms with van der Waals surface area (Å²) in [5.41, 5.74) is 3.24. The van der Waals surface area contributed by atoms with Crippen molar-refractivity contribution in [1.29, 1.82) is 0 Å². The number of piperidine rings is 1. The van der Waals surface area contributed by atoms with Gasteiger partial charge in [-0.3, -0.25) is 9.59 Å². The van der Waals surface area contributed by atoms with Gasteiger partial charge in [0, 0.05) is 30.3 Å². The van der Waals surface area contributed by atoms with Crippen LogP contribution in [0, 0.1) is 6.92 Å². The molecule has 1 aliphatic carbocycles. The topological polar surface area (TPSA) is 53.2 Å². The standard InChI is InChI=1S/C16H22N2O2/c1-10-6-3-4-9-18(10)16(20)15-11(2)14-12(17-15)7-5-8-13(14)19/h10,17H,3-9H2,1-2H3. The molecule has 108 valence electrons. The number of rotatable bonds is 1. The molecule has 1 aromatic heterocycles. The van der Waals surface area contributed by atoms with Gasteiger partial charge in [-0.25, -0.2) is 0 Å². The molecular formula is C16H22N2O2. The molecule has 0 spiro atoms. The molecule has 4 nitrogen and oxygen atoms in total. The fourth-order valence-corrected chi connectivity index (χ4v) is 3.53. The number of Topliss-reactive ketones (excluding diaryl/α,β-unsaturated/α-hetero) is 1. The number of nitrogens with zero attached hydrogens (tertiary/aromatic N) is 1. The fraction of sp³-hybridized carbons (Fsp3) is 0.625. The van der Waals surface area contributed by atoms with E-state index in [1.165, 1.54) is 6.42 Å². The Hall–Kier alpha value is -1.58. The molecular weight excluding hydrogens is 252 g/mol. The van der Waals surface area contributed by atoms with E-state index < -0.39 is 0 Å². The molecule has 4 heteroatoms. The highest BCUT2D eigenvalue weighted by Crippen LogP contribution is 2.28. The number of aromatic amines is 1. The number of H-pyrrole nitrogens is 1. The van der Waals surface area contributed by atoms with Crippen molar-refractivity contribution in [2.24, 2.45) is 0 Å². The van der Waals surface area contributed by atoms with Gasteiger partial charge in [-0.2, -0.15) is 0 Å². The lowest BCUT2D eigenvalue weighted by Gasteiger charge is -2.33. The van der Waals surface area contributed by atoms with E-state index in [0.29, 0.717) is 18.2 Å². The maximum Gasteiger partial charge on any atom is 0.270 e. The molecule has 0 radical (unpaired) electrons. The van der Waals surface area contributed by atoms with Gasteiger partial charge in [0.15, 0.2) is 5.78 Å². The second-order valence-corrected chi connectivity index (χ2v) is 6.10. The number of carbonyl (C=O) groups excluding carboxylic acids is 2. The molecule has 0 saturated carbocycles. The van der Waals surface area contributed by atoms with Crippen LogP contribution in [0.25, 0.3) is 0 Å². The number of aromatic nitrogens is 1. The molecule has 2 aliphatic rings. The monoisotopic (exact) mass is 274 g/mol. The van der Waals surface area contributed by atoms with Gasteiger partial charge in [0.05, 0.1) is 0 Å². The van der Waals surface area contributed by atoms with Crippen molar-refractivity contribution in [3.63, 3.8) is 0 Å². The number of amides is 1. The third kappa shape index (κ3) is 2.07. The zero-order valence-electron chi connectivity index (χ0n) is 12.3. The Bertz CT molecular complexity index is 559. The maximum atomic E-state index is 12.7. The van der Waals surface area contributed by atoms with Crippen molar-refractivity contribution in [3.05, 3.63) is 22.5 Å². The first-order valence-corrected chi connectivity index (χ1v) is 7.65. The van der Waals surface area contributed by atoms with E-state index in [-0.39, 0.29) is 11.7 Å². The predicted molar refractivity (Wildman–Crippen MR) is 77.1 cm³/mol. The molecule has 1 saturated heterocycles. The molecule has 0 bridgehead atoms. The Kier molecular flexibility index (Phi) is 3.40. The average Bonchev–Trinajstić information content (AvgIpc) is 2.77. The van der Waals surface area contributed by atoms with E-state index in [2.05, 4.69) is 11.9 Å². The highest BCUT2D eigenvalue weighted by molar-refractivity contribution is 6.04. The second kappa shape index (κ2) is 5.08. The van der Waals surface area contributed by atoms with Crippen molar-refractivity contribution >= 4 is 11.7 Å². The van der Waals surface area contributed by atoms with Crippen molar-refractivity contribution in [3.8, 4) is 0 Å². The lowest BCUT2D eigenvalue weighted by Crippen LogP contribution is -2.42. The minimum Gasteiger partial charge on any atom is -0.354 e. The average molecular weight is 274 g/mol. The van der Waals surface area contributed by atoms with Crippen LogP contribution < -0.4 is 0 Å². The Morgan fingerprint density at radius 3 is 2.75 bits per heavy atom. The van der Waals surface area contributed by atoms with Crippen molar-refractivity contribution < 1.29 is 9.59 Å². The van der Waals surface area contributed by atoms with Crippen LogP contribution in [0.1, 0.15) is 71.1 Å². The zero-order chi connectivity index (χ0) is 14.3. The van der Waals surface area contributed by atoms with Crippen LogP contribution in [0.5, 0.6) is 0 Å². The summed E-state index contributed by atoms with van der Waals surface area (Å²) in [6.45, 7) is 4.85. The van der Waals surface area contributed by atoms with Crippen molar-refractivity contribution in [2.45, 2.75) is 58.4 Å². The van der Waals surface area contributed by atoms with Gasteiger partial charge in [-0.1, -0.05) is 0 Å². The maximum absolute atomic E-state index is 12.7. The minimum atomic E-state index is 0.0666. The van der Waals surface area contributed by atoms with E-state index in [9.17, 15) is 9.59 Å². The summed E-state index contributed by atoms with van der Waals surface area (Å²) >= 11 is 0. The van der Waals surface area contributed by atoms with Gasteiger partial charge in [-0.05, 0) is 51.5 Å². The third-order valence-corrected chi connectivity index (χ3v) is 4.71. The van der Waals surface area contributed by atoms with Gasteiger partial charge in [0.2, 0.25) is 0 Å². The molecule has 1 N–H and O–H groups in total. The Balaban J connectivity index is 1.94. The number of ketones is 1. The van der Waals surface area contributed by atoms with Gasteiger partial charge < -0.3 is 9.88 Å². The number of hydrogen-bond acceptors (Lipinski definition) is 2. The first-order valence-electron chi connectivity index (χ1n) is 7.65. The quantitative estimate of drug-likeness (QED) is 0.856. The van der Waals surface area contributed by atoms with Crippen LogP contribution in [-0.2, 0) is 6.42 Å². The lowest BCUT2D eigenvalue weighted by atomic mass is 9.93. The van der Waals surface area contributed by atoms with E-state index in [0.717, 1.165) is 49.0 Å². The van der Waals surface area contributed by atoms with Crippen LogP contribution in [0.15, 0.2) is 0 Å². The van der Waals surface area contributed by atoms with Crippen LogP contribution in [-0.4, -0.2) is 34.2 Å². The Morgan fingerprint density at radius 1 is 1.25 bits per heavy atom. The molecule has 1 unspecified atom stereocenters. The molecule has 1 aliphatic heterocycles. The largest absolute Gasteiger partial charge is 0.354 e. The first-order chi connectivity index (χ1) is 9.59. The number of fused-ring (bicyclic) bond motifs is 1. The molecule has 3 rings (SSSR count). The third-order valence-electron chi connectivity index (χ3n) is 4.71. The molecule has 1 fully saturated rings. The summed E-state index contributed by atoms with van der Waals surface area (Å²) in [6, 6.07) is 0.298. The molecule has 1 atom stereocenters. The zero-order valence-corrected chi connectivity index (χ0v) is 12.3. The van der Waals surface area contributed by atoms with Crippen LogP contribution >= 0.6 is 0 Å². The van der Waals surface area contributed by atoms with Crippen LogP contribution in [0.2, 0.25) is 0 Å². The van der Waals surface area contributed by atoms with E-state index in [4.69, 9.17) is 0 Å². The molecule has 20 heavy (non-hydrogen) atoms. The number of aryl methyl sites for hydroxylation is 1. The fourth-order valence-electron chi connectivity index (χ4n) is 3.53.